The van der Waals surface area contributed by atoms with E-state index in [-0.39, 0.29) is 18.9 Å². The molecular formula is C17H18FNO3S. The third kappa shape index (κ3) is 3.38. The molecule has 1 atom stereocenters. The number of aliphatic hydroxyl groups is 1. The van der Waals surface area contributed by atoms with Gasteiger partial charge in [0.1, 0.15) is 11.6 Å². The van der Waals surface area contributed by atoms with Crippen molar-refractivity contribution >= 4 is 17.2 Å². The molecule has 3 rings (SSSR count). The van der Waals surface area contributed by atoms with Crippen LogP contribution in [-0.2, 0) is 17.8 Å². The van der Waals surface area contributed by atoms with Gasteiger partial charge < -0.3 is 14.7 Å². The molecule has 0 fully saturated rings. The first kappa shape index (κ1) is 16.0. The molecule has 23 heavy (non-hydrogen) atoms. The predicted octanol–water partition coefficient (Wildman–Crippen LogP) is 2.90. The molecule has 1 aliphatic rings. The Hall–Kier alpha value is -1.92. The zero-order valence-electron chi connectivity index (χ0n) is 12.8. The standard InChI is InChI=1S/C17H18FNO3S/c1-2-22-12-4-3-11(14(18)8-12)7-17(21)19-9-15(20)13-5-6-23-16(13)10-19/h3-6,8,15,20H,2,7,9-10H2,1H3. The Morgan fingerprint density at radius 1 is 1.48 bits per heavy atom. The van der Waals surface area contributed by atoms with Crippen molar-refractivity contribution in [3.8, 4) is 5.75 Å². The van der Waals surface area contributed by atoms with Crippen LogP contribution in [-0.4, -0.2) is 29.1 Å². The normalized spacial score (nSPS) is 17.0. The maximum Gasteiger partial charge on any atom is 0.227 e. The van der Waals surface area contributed by atoms with Gasteiger partial charge in [-0.15, -0.1) is 11.3 Å². The van der Waals surface area contributed by atoms with Gasteiger partial charge in [-0.25, -0.2) is 4.39 Å². The molecule has 0 saturated carbocycles. The van der Waals surface area contributed by atoms with E-state index in [2.05, 4.69) is 0 Å². The Morgan fingerprint density at radius 2 is 2.30 bits per heavy atom. The van der Waals surface area contributed by atoms with Gasteiger partial charge in [-0.05, 0) is 35.6 Å². The summed E-state index contributed by atoms with van der Waals surface area (Å²) in [5.74, 6) is -0.178. The quantitative estimate of drug-likeness (QED) is 0.935. The highest BCUT2D eigenvalue weighted by Gasteiger charge is 2.28. The number of ether oxygens (including phenoxy) is 1. The van der Waals surface area contributed by atoms with Gasteiger partial charge in [0.2, 0.25) is 5.91 Å². The number of β-amino-alcohol motifs (C(OH)–C–C–N with tert-alkyl or cyclic N) is 1. The number of nitrogens with zero attached hydrogens (tertiary/aromatic N) is 1. The molecule has 0 bridgehead atoms. The van der Waals surface area contributed by atoms with E-state index in [0.29, 0.717) is 24.5 Å². The lowest BCUT2D eigenvalue weighted by molar-refractivity contribution is -0.133. The van der Waals surface area contributed by atoms with Crippen LogP contribution in [0.15, 0.2) is 29.6 Å². The van der Waals surface area contributed by atoms with Crippen molar-refractivity contribution in [2.45, 2.75) is 26.0 Å². The largest absolute Gasteiger partial charge is 0.494 e. The van der Waals surface area contributed by atoms with Gasteiger partial charge in [-0.2, -0.15) is 0 Å². The summed E-state index contributed by atoms with van der Waals surface area (Å²) in [6.45, 7) is 3.02. The van der Waals surface area contributed by atoms with E-state index >= 15 is 0 Å². The lowest BCUT2D eigenvalue weighted by atomic mass is 10.0. The number of hydrogen-bond acceptors (Lipinski definition) is 4. The molecule has 1 aromatic heterocycles. The van der Waals surface area contributed by atoms with E-state index in [1.165, 1.54) is 17.4 Å². The molecule has 4 nitrogen and oxygen atoms in total. The van der Waals surface area contributed by atoms with Crippen molar-refractivity contribution in [3.63, 3.8) is 0 Å². The van der Waals surface area contributed by atoms with Crippen molar-refractivity contribution in [1.29, 1.82) is 0 Å². The third-order valence-electron chi connectivity index (χ3n) is 3.90. The highest BCUT2D eigenvalue weighted by Crippen LogP contribution is 2.31. The smallest absolute Gasteiger partial charge is 0.227 e. The van der Waals surface area contributed by atoms with E-state index in [9.17, 15) is 14.3 Å². The first-order valence-corrected chi connectivity index (χ1v) is 8.39. The summed E-state index contributed by atoms with van der Waals surface area (Å²) in [5.41, 5.74) is 1.23. The molecule has 2 aromatic rings. The van der Waals surface area contributed by atoms with Crippen LogP contribution in [0.5, 0.6) is 5.75 Å². The molecule has 2 heterocycles. The van der Waals surface area contributed by atoms with Gasteiger partial charge in [0.05, 0.1) is 32.2 Å². The predicted molar refractivity (Wildman–Crippen MR) is 86.0 cm³/mol. The van der Waals surface area contributed by atoms with Crippen molar-refractivity contribution in [3.05, 3.63) is 51.5 Å². The summed E-state index contributed by atoms with van der Waals surface area (Å²) >= 11 is 1.52. The van der Waals surface area contributed by atoms with Gasteiger partial charge in [-0.3, -0.25) is 4.79 Å². The Kier molecular flexibility index (Phi) is 4.63. The number of aliphatic hydroxyl groups excluding tert-OH is 1. The maximum atomic E-state index is 14.1. The summed E-state index contributed by atoms with van der Waals surface area (Å²) in [6, 6.07) is 6.43. The first-order chi connectivity index (χ1) is 11.1. The fourth-order valence-corrected chi connectivity index (χ4v) is 3.66. The van der Waals surface area contributed by atoms with Crippen molar-refractivity contribution in [2.24, 2.45) is 0 Å². The summed E-state index contributed by atoms with van der Waals surface area (Å²) in [4.78, 5) is 15.0. The molecule has 1 aromatic carbocycles. The van der Waals surface area contributed by atoms with Crippen LogP contribution < -0.4 is 4.74 Å². The van der Waals surface area contributed by atoms with Crippen LogP contribution in [0.4, 0.5) is 4.39 Å². The second kappa shape index (κ2) is 6.68. The molecule has 1 amide bonds. The highest BCUT2D eigenvalue weighted by atomic mass is 32.1. The lowest BCUT2D eigenvalue weighted by Crippen LogP contribution is -2.38. The van der Waals surface area contributed by atoms with Gasteiger partial charge in [0, 0.05) is 10.9 Å². The topological polar surface area (TPSA) is 49.8 Å². The fourth-order valence-electron chi connectivity index (χ4n) is 2.71. The van der Waals surface area contributed by atoms with Gasteiger partial charge in [-0.1, -0.05) is 6.07 Å². The maximum absolute atomic E-state index is 14.1. The second-order valence-electron chi connectivity index (χ2n) is 5.45. The summed E-state index contributed by atoms with van der Waals surface area (Å²) in [7, 11) is 0. The summed E-state index contributed by atoms with van der Waals surface area (Å²) in [5, 5.41) is 12.0. The van der Waals surface area contributed by atoms with E-state index in [1.54, 1.807) is 17.0 Å². The van der Waals surface area contributed by atoms with Crippen molar-refractivity contribution < 1.29 is 19.0 Å². The minimum absolute atomic E-state index is 0.0222. The SMILES string of the molecule is CCOc1ccc(CC(=O)N2Cc3sccc3C(O)C2)c(F)c1. The van der Waals surface area contributed by atoms with Crippen LogP contribution >= 0.6 is 11.3 Å². The average molecular weight is 335 g/mol. The Morgan fingerprint density at radius 3 is 3.04 bits per heavy atom. The van der Waals surface area contributed by atoms with Gasteiger partial charge in [0.15, 0.2) is 0 Å². The molecule has 0 radical (unpaired) electrons. The van der Waals surface area contributed by atoms with Crippen LogP contribution in [0.1, 0.15) is 29.0 Å². The Bertz CT molecular complexity index is 716. The number of thiophene rings is 1. The summed E-state index contributed by atoms with van der Waals surface area (Å²) < 4.78 is 19.3. The zero-order valence-corrected chi connectivity index (χ0v) is 13.6. The fraction of sp³-hybridized carbons (Fsp3) is 0.353. The van der Waals surface area contributed by atoms with Crippen LogP contribution in [0.25, 0.3) is 0 Å². The number of carbonyl (C=O) groups excluding carboxylic acids is 1. The Balaban J connectivity index is 1.70. The molecule has 1 N–H and O–H groups in total. The van der Waals surface area contributed by atoms with Crippen molar-refractivity contribution in [2.75, 3.05) is 13.2 Å². The van der Waals surface area contributed by atoms with Crippen LogP contribution in [0.3, 0.4) is 0 Å². The van der Waals surface area contributed by atoms with E-state index in [1.807, 2.05) is 18.4 Å². The number of halogens is 1. The van der Waals surface area contributed by atoms with Crippen molar-refractivity contribution in [1.82, 2.24) is 4.90 Å². The zero-order chi connectivity index (χ0) is 16.4. The lowest BCUT2D eigenvalue weighted by Gasteiger charge is -2.30. The minimum atomic E-state index is -0.667. The molecule has 0 spiro atoms. The minimum Gasteiger partial charge on any atom is -0.494 e. The molecule has 0 aliphatic carbocycles. The Labute approximate surface area is 138 Å². The number of rotatable bonds is 4. The second-order valence-corrected chi connectivity index (χ2v) is 6.45. The van der Waals surface area contributed by atoms with E-state index in [4.69, 9.17) is 4.74 Å². The van der Waals surface area contributed by atoms with Gasteiger partial charge in [0.25, 0.3) is 0 Å². The van der Waals surface area contributed by atoms with Gasteiger partial charge >= 0.3 is 0 Å². The molecule has 6 heteroatoms. The van der Waals surface area contributed by atoms with Crippen LogP contribution in [0, 0.1) is 5.82 Å². The third-order valence-corrected chi connectivity index (χ3v) is 4.82. The average Bonchev–Trinajstić information content (AvgIpc) is 2.99. The van der Waals surface area contributed by atoms with Crippen LogP contribution in [0.2, 0.25) is 0 Å². The molecule has 1 unspecified atom stereocenters. The highest BCUT2D eigenvalue weighted by molar-refractivity contribution is 7.10. The summed E-state index contributed by atoms with van der Waals surface area (Å²) in [6.07, 6.45) is -0.690. The monoisotopic (exact) mass is 335 g/mol. The number of fused-ring (bicyclic) bond motifs is 1. The molecule has 122 valence electrons. The molecule has 1 aliphatic heterocycles. The van der Waals surface area contributed by atoms with E-state index in [0.717, 1.165) is 10.4 Å². The number of hydrogen-bond donors (Lipinski definition) is 1. The number of amides is 1. The number of benzene rings is 1. The first-order valence-electron chi connectivity index (χ1n) is 7.51. The molecule has 0 saturated heterocycles. The number of carbonyl (C=O) groups is 1. The van der Waals surface area contributed by atoms with E-state index < -0.39 is 11.9 Å². The molecular weight excluding hydrogens is 317 g/mol.